The van der Waals surface area contributed by atoms with Crippen molar-refractivity contribution in [2.24, 2.45) is 5.92 Å². The number of carbonyl (C=O) groups excluding carboxylic acids is 1. The number of nitrogens with zero attached hydrogens (tertiary/aromatic N) is 1. The zero-order chi connectivity index (χ0) is 17.7. The summed E-state index contributed by atoms with van der Waals surface area (Å²) in [5, 5.41) is 13.8. The third-order valence-corrected chi connectivity index (χ3v) is 3.95. The van der Waals surface area contributed by atoms with Gasteiger partial charge in [-0.25, -0.2) is 4.79 Å². The van der Waals surface area contributed by atoms with E-state index in [0.29, 0.717) is 12.3 Å². The maximum absolute atomic E-state index is 12.2. The largest absolute Gasteiger partial charge is 0.496 e. The van der Waals surface area contributed by atoms with Crippen LogP contribution in [0.25, 0.3) is 10.8 Å². The number of amides is 2. The first-order valence-electron chi connectivity index (χ1n) is 7.70. The van der Waals surface area contributed by atoms with Crippen molar-refractivity contribution in [3.63, 3.8) is 0 Å². The highest BCUT2D eigenvalue weighted by molar-refractivity contribution is 5.88. The number of hydrogen-bond donors (Lipinski definition) is 2. The molecule has 128 valence electrons. The number of carbonyl (C=O) groups is 2. The Bertz CT molecular complexity index is 745. The Morgan fingerprint density at radius 1 is 1.25 bits per heavy atom. The van der Waals surface area contributed by atoms with Gasteiger partial charge in [-0.15, -0.1) is 0 Å². The highest BCUT2D eigenvalue weighted by Crippen LogP contribution is 2.27. The van der Waals surface area contributed by atoms with Crippen LogP contribution in [-0.4, -0.2) is 42.7 Å². The van der Waals surface area contributed by atoms with Crippen molar-refractivity contribution in [1.82, 2.24) is 10.2 Å². The van der Waals surface area contributed by atoms with Crippen molar-refractivity contribution in [1.29, 1.82) is 0 Å². The number of benzene rings is 2. The number of carboxylic acid groups (broad SMARTS) is 1. The van der Waals surface area contributed by atoms with Crippen LogP contribution in [0.5, 0.6) is 5.75 Å². The Morgan fingerprint density at radius 2 is 1.96 bits per heavy atom. The zero-order valence-corrected chi connectivity index (χ0v) is 14.1. The Balaban J connectivity index is 2.12. The molecule has 2 aromatic carbocycles. The predicted octanol–water partition coefficient (Wildman–Crippen LogP) is 2.71. The average Bonchev–Trinajstić information content (AvgIpc) is 2.58. The van der Waals surface area contributed by atoms with E-state index in [9.17, 15) is 9.59 Å². The zero-order valence-electron chi connectivity index (χ0n) is 14.1. The fraction of sp³-hybridized carbons (Fsp3) is 0.333. The number of nitrogens with one attached hydrogen (secondary N) is 1. The van der Waals surface area contributed by atoms with E-state index < -0.39 is 11.9 Å². The summed E-state index contributed by atoms with van der Waals surface area (Å²) in [6, 6.07) is 11.4. The summed E-state index contributed by atoms with van der Waals surface area (Å²) in [4.78, 5) is 24.5. The Hall–Kier alpha value is -2.76. The van der Waals surface area contributed by atoms with Crippen molar-refractivity contribution in [2.75, 3.05) is 20.7 Å². The van der Waals surface area contributed by atoms with E-state index in [1.165, 1.54) is 4.90 Å². The van der Waals surface area contributed by atoms with Crippen molar-refractivity contribution < 1.29 is 19.4 Å². The Morgan fingerprint density at radius 3 is 2.62 bits per heavy atom. The monoisotopic (exact) mass is 330 g/mol. The molecular formula is C18H22N2O4. The summed E-state index contributed by atoms with van der Waals surface area (Å²) in [7, 11) is 3.17. The highest BCUT2D eigenvalue weighted by atomic mass is 16.5. The quantitative estimate of drug-likeness (QED) is 0.853. The smallest absolute Gasteiger partial charge is 0.317 e. The van der Waals surface area contributed by atoms with Gasteiger partial charge in [-0.3, -0.25) is 4.79 Å². The predicted molar refractivity (Wildman–Crippen MR) is 92.2 cm³/mol. The topological polar surface area (TPSA) is 78.9 Å². The van der Waals surface area contributed by atoms with Gasteiger partial charge in [0.2, 0.25) is 0 Å². The van der Waals surface area contributed by atoms with Gasteiger partial charge in [-0.1, -0.05) is 37.3 Å². The molecule has 2 amide bonds. The van der Waals surface area contributed by atoms with Crippen LogP contribution < -0.4 is 10.1 Å². The molecule has 0 aliphatic heterocycles. The van der Waals surface area contributed by atoms with Crippen LogP contribution in [0.15, 0.2) is 36.4 Å². The number of urea groups is 1. The number of ether oxygens (including phenoxy) is 1. The first-order valence-corrected chi connectivity index (χ1v) is 7.70. The van der Waals surface area contributed by atoms with Gasteiger partial charge in [-0.05, 0) is 16.8 Å². The minimum absolute atomic E-state index is 0.147. The molecule has 1 unspecified atom stereocenters. The second-order valence-electron chi connectivity index (χ2n) is 5.75. The summed E-state index contributed by atoms with van der Waals surface area (Å²) in [6.07, 6.45) is 0. The van der Waals surface area contributed by atoms with Gasteiger partial charge in [-0.2, -0.15) is 0 Å². The third-order valence-electron chi connectivity index (χ3n) is 3.95. The average molecular weight is 330 g/mol. The molecule has 0 bridgehead atoms. The molecule has 0 fully saturated rings. The molecule has 0 aliphatic rings. The van der Waals surface area contributed by atoms with E-state index in [1.807, 2.05) is 36.4 Å². The van der Waals surface area contributed by atoms with Gasteiger partial charge in [0.15, 0.2) is 0 Å². The number of aliphatic carboxylic acids is 1. The van der Waals surface area contributed by atoms with Crippen molar-refractivity contribution in [3.05, 3.63) is 42.0 Å². The molecule has 0 aliphatic carbocycles. The molecular weight excluding hydrogens is 308 g/mol. The summed E-state index contributed by atoms with van der Waals surface area (Å²) in [5.74, 6) is -0.839. The van der Waals surface area contributed by atoms with E-state index in [1.54, 1.807) is 21.1 Å². The van der Waals surface area contributed by atoms with Gasteiger partial charge in [0.25, 0.3) is 0 Å². The molecule has 24 heavy (non-hydrogen) atoms. The van der Waals surface area contributed by atoms with Crippen LogP contribution in [0.1, 0.15) is 12.5 Å². The standard InChI is InChI=1S/C18H22N2O4/c1-12(17(21)22)11-20(2)18(23)19-10-15-14-7-5-4-6-13(14)8-9-16(15)24-3/h4-9,12H,10-11H2,1-3H3,(H,19,23)(H,21,22). The van der Waals surface area contributed by atoms with Gasteiger partial charge in [0.1, 0.15) is 5.75 Å². The molecule has 6 nitrogen and oxygen atoms in total. The number of fused-ring (bicyclic) bond motifs is 1. The van der Waals surface area contributed by atoms with E-state index in [-0.39, 0.29) is 12.6 Å². The van der Waals surface area contributed by atoms with Crippen LogP contribution in [0.3, 0.4) is 0 Å². The summed E-state index contributed by atoms with van der Waals surface area (Å²) >= 11 is 0. The molecule has 0 heterocycles. The number of methoxy groups -OCH3 is 1. The van der Waals surface area contributed by atoms with Crippen LogP contribution in [0.4, 0.5) is 4.79 Å². The fourth-order valence-corrected chi connectivity index (χ4v) is 2.56. The molecule has 0 saturated heterocycles. The Labute approximate surface area is 141 Å². The number of hydrogen-bond acceptors (Lipinski definition) is 3. The third kappa shape index (κ3) is 3.95. The molecule has 0 aromatic heterocycles. The fourth-order valence-electron chi connectivity index (χ4n) is 2.56. The van der Waals surface area contributed by atoms with Crippen LogP contribution in [0, 0.1) is 5.92 Å². The lowest BCUT2D eigenvalue weighted by Crippen LogP contribution is -2.40. The Kier molecular flexibility index (Phi) is 5.63. The lowest BCUT2D eigenvalue weighted by molar-refractivity contribution is -0.141. The van der Waals surface area contributed by atoms with Gasteiger partial charge in [0, 0.05) is 25.7 Å². The minimum Gasteiger partial charge on any atom is -0.496 e. The molecule has 0 radical (unpaired) electrons. The molecule has 1 atom stereocenters. The van der Waals surface area contributed by atoms with Crippen LogP contribution >= 0.6 is 0 Å². The second kappa shape index (κ2) is 7.68. The summed E-state index contributed by atoms with van der Waals surface area (Å²) < 4.78 is 5.40. The molecule has 6 heteroatoms. The van der Waals surface area contributed by atoms with E-state index in [0.717, 1.165) is 16.3 Å². The SMILES string of the molecule is COc1ccc2ccccc2c1CNC(=O)N(C)CC(C)C(=O)O. The molecule has 2 rings (SSSR count). The summed E-state index contributed by atoms with van der Waals surface area (Å²) in [5.41, 5.74) is 0.892. The molecule has 2 N–H and O–H groups in total. The molecule has 2 aromatic rings. The van der Waals surface area contributed by atoms with Crippen LogP contribution in [-0.2, 0) is 11.3 Å². The van der Waals surface area contributed by atoms with E-state index in [2.05, 4.69) is 5.32 Å². The highest BCUT2D eigenvalue weighted by Gasteiger charge is 2.18. The lowest BCUT2D eigenvalue weighted by atomic mass is 10.0. The van der Waals surface area contributed by atoms with E-state index in [4.69, 9.17) is 9.84 Å². The van der Waals surface area contributed by atoms with Gasteiger partial charge in [0.05, 0.1) is 13.0 Å². The number of rotatable bonds is 6. The maximum Gasteiger partial charge on any atom is 0.317 e. The van der Waals surface area contributed by atoms with Crippen molar-refractivity contribution >= 4 is 22.8 Å². The lowest BCUT2D eigenvalue weighted by Gasteiger charge is -2.21. The maximum atomic E-state index is 12.2. The van der Waals surface area contributed by atoms with Gasteiger partial charge < -0.3 is 20.1 Å². The van der Waals surface area contributed by atoms with Crippen LogP contribution in [0.2, 0.25) is 0 Å². The molecule has 0 saturated carbocycles. The van der Waals surface area contributed by atoms with Crippen molar-refractivity contribution in [3.8, 4) is 5.75 Å². The van der Waals surface area contributed by atoms with Gasteiger partial charge >= 0.3 is 12.0 Å². The summed E-state index contributed by atoms with van der Waals surface area (Å²) in [6.45, 7) is 2.02. The van der Waals surface area contributed by atoms with E-state index >= 15 is 0 Å². The second-order valence-corrected chi connectivity index (χ2v) is 5.75. The van der Waals surface area contributed by atoms with Crippen molar-refractivity contribution in [2.45, 2.75) is 13.5 Å². The first kappa shape index (κ1) is 17.6. The minimum atomic E-state index is -0.926. The normalized spacial score (nSPS) is 11.8. The first-order chi connectivity index (χ1) is 11.4. The number of carboxylic acids is 1. The molecule has 0 spiro atoms.